The van der Waals surface area contributed by atoms with Gasteiger partial charge in [0.15, 0.2) is 0 Å². The Morgan fingerprint density at radius 2 is 1.56 bits per heavy atom. The molecule has 0 saturated carbocycles. The number of hydrogen-bond donors (Lipinski definition) is 1. The van der Waals surface area contributed by atoms with E-state index >= 15 is 0 Å². The van der Waals surface area contributed by atoms with Gasteiger partial charge in [-0.25, -0.2) is 0 Å². The van der Waals surface area contributed by atoms with Crippen molar-refractivity contribution in [3.05, 3.63) is 69.2 Å². The molecule has 0 fully saturated rings. The van der Waals surface area contributed by atoms with Crippen LogP contribution in [0.15, 0.2) is 46.9 Å². The molecule has 1 N–H and O–H groups in total. The molecule has 0 spiro atoms. The molecule has 1 nitrogen and oxygen atoms in total. The van der Waals surface area contributed by atoms with Crippen molar-refractivity contribution in [1.82, 2.24) is 5.32 Å². The van der Waals surface area contributed by atoms with Crippen molar-refractivity contribution in [2.24, 2.45) is 0 Å². The van der Waals surface area contributed by atoms with Gasteiger partial charge >= 0.3 is 0 Å². The lowest BCUT2D eigenvalue weighted by Gasteiger charge is -2.18. The monoisotopic (exact) mass is 303 g/mol. The molecule has 2 heteroatoms. The Labute approximate surface area is 117 Å². The SMILES string of the molecule is CNC(c1ccc(C)cc1)c1ccc(Br)c(C)c1. The first kappa shape index (κ1) is 13.3. The van der Waals surface area contributed by atoms with Crippen LogP contribution in [-0.4, -0.2) is 7.05 Å². The summed E-state index contributed by atoms with van der Waals surface area (Å²) >= 11 is 3.55. The summed E-state index contributed by atoms with van der Waals surface area (Å²) < 4.78 is 1.16. The highest BCUT2D eigenvalue weighted by Gasteiger charge is 2.12. The smallest absolute Gasteiger partial charge is 0.0574 e. The zero-order chi connectivity index (χ0) is 13.1. The number of nitrogens with one attached hydrogen (secondary N) is 1. The van der Waals surface area contributed by atoms with Crippen molar-refractivity contribution in [2.75, 3.05) is 7.05 Å². The van der Waals surface area contributed by atoms with Crippen LogP contribution in [0.4, 0.5) is 0 Å². The van der Waals surface area contributed by atoms with Gasteiger partial charge in [-0.2, -0.15) is 0 Å². The molecule has 0 aliphatic carbocycles. The fraction of sp³-hybridized carbons (Fsp3) is 0.250. The Balaban J connectivity index is 2.38. The molecule has 0 aliphatic rings. The Bertz CT molecular complexity index is 531. The highest BCUT2D eigenvalue weighted by Crippen LogP contribution is 2.26. The van der Waals surface area contributed by atoms with E-state index in [-0.39, 0.29) is 6.04 Å². The lowest BCUT2D eigenvalue weighted by atomic mass is 9.97. The molecular formula is C16H18BrN. The maximum absolute atomic E-state index is 3.55. The summed E-state index contributed by atoms with van der Waals surface area (Å²) in [5, 5.41) is 3.39. The number of aryl methyl sites for hydroxylation is 2. The number of halogens is 1. The van der Waals surface area contributed by atoms with Gasteiger partial charge in [0.05, 0.1) is 6.04 Å². The zero-order valence-corrected chi connectivity index (χ0v) is 12.6. The van der Waals surface area contributed by atoms with Gasteiger partial charge in [-0.1, -0.05) is 57.9 Å². The summed E-state index contributed by atoms with van der Waals surface area (Å²) in [6.07, 6.45) is 0. The normalized spacial score (nSPS) is 12.4. The molecule has 18 heavy (non-hydrogen) atoms. The predicted octanol–water partition coefficient (Wildman–Crippen LogP) is 4.37. The first-order chi connectivity index (χ1) is 8.61. The maximum atomic E-state index is 3.55. The van der Waals surface area contributed by atoms with Crippen LogP contribution < -0.4 is 5.32 Å². The van der Waals surface area contributed by atoms with E-state index in [0.717, 1.165) is 4.47 Å². The summed E-state index contributed by atoms with van der Waals surface area (Å²) in [7, 11) is 2.00. The largest absolute Gasteiger partial charge is 0.309 e. The Morgan fingerprint density at radius 3 is 2.11 bits per heavy atom. The van der Waals surface area contributed by atoms with E-state index in [1.807, 2.05) is 7.05 Å². The average Bonchev–Trinajstić information content (AvgIpc) is 2.37. The lowest BCUT2D eigenvalue weighted by Crippen LogP contribution is -2.17. The highest BCUT2D eigenvalue weighted by atomic mass is 79.9. The number of hydrogen-bond acceptors (Lipinski definition) is 1. The van der Waals surface area contributed by atoms with Crippen molar-refractivity contribution < 1.29 is 0 Å². The Morgan fingerprint density at radius 1 is 0.944 bits per heavy atom. The first-order valence-electron chi connectivity index (χ1n) is 6.11. The van der Waals surface area contributed by atoms with Gasteiger partial charge in [0.25, 0.3) is 0 Å². The molecule has 0 aliphatic heterocycles. The Hall–Kier alpha value is -1.12. The van der Waals surface area contributed by atoms with Crippen LogP contribution in [-0.2, 0) is 0 Å². The van der Waals surface area contributed by atoms with Gasteiger partial charge in [0.2, 0.25) is 0 Å². The fourth-order valence-electron chi connectivity index (χ4n) is 2.13. The van der Waals surface area contributed by atoms with Gasteiger partial charge in [0, 0.05) is 4.47 Å². The third-order valence-electron chi connectivity index (χ3n) is 3.21. The number of benzene rings is 2. The third kappa shape index (κ3) is 2.82. The van der Waals surface area contributed by atoms with E-state index in [4.69, 9.17) is 0 Å². The van der Waals surface area contributed by atoms with Crippen LogP contribution in [0.25, 0.3) is 0 Å². The molecule has 0 aromatic heterocycles. The average molecular weight is 304 g/mol. The third-order valence-corrected chi connectivity index (χ3v) is 4.10. The van der Waals surface area contributed by atoms with E-state index in [0.29, 0.717) is 0 Å². The Kier molecular flexibility index (Phi) is 4.20. The van der Waals surface area contributed by atoms with E-state index in [1.165, 1.54) is 22.3 Å². The van der Waals surface area contributed by atoms with Gasteiger partial charge in [-0.15, -0.1) is 0 Å². The van der Waals surface area contributed by atoms with E-state index in [9.17, 15) is 0 Å². The van der Waals surface area contributed by atoms with Gasteiger partial charge < -0.3 is 5.32 Å². The van der Waals surface area contributed by atoms with Gasteiger partial charge in [0.1, 0.15) is 0 Å². The van der Waals surface area contributed by atoms with E-state index in [1.54, 1.807) is 0 Å². The van der Waals surface area contributed by atoms with Gasteiger partial charge in [-0.3, -0.25) is 0 Å². The van der Waals surface area contributed by atoms with Crippen LogP contribution in [0.1, 0.15) is 28.3 Å². The highest BCUT2D eigenvalue weighted by molar-refractivity contribution is 9.10. The van der Waals surface area contributed by atoms with Crippen molar-refractivity contribution in [1.29, 1.82) is 0 Å². The van der Waals surface area contributed by atoms with E-state index in [2.05, 4.69) is 77.6 Å². The van der Waals surface area contributed by atoms with Crippen molar-refractivity contribution in [2.45, 2.75) is 19.9 Å². The summed E-state index contributed by atoms with van der Waals surface area (Å²) in [6, 6.07) is 15.4. The minimum absolute atomic E-state index is 0.248. The van der Waals surface area contributed by atoms with Crippen LogP contribution in [0.5, 0.6) is 0 Å². The maximum Gasteiger partial charge on any atom is 0.0574 e. The molecule has 1 atom stereocenters. The molecule has 0 saturated heterocycles. The molecule has 2 rings (SSSR count). The summed E-state index contributed by atoms with van der Waals surface area (Å²) in [5.41, 5.74) is 5.15. The molecule has 94 valence electrons. The summed E-state index contributed by atoms with van der Waals surface area (Å²) in [6.45, 7) is 4.23. The predicted molar refractivity (Wildman–Crippen MR) is 81.0 cm³/mol. The minimum Gasteiger partial charge on any atom is -0.309 e. The van der Waals surface area contributed by atoms with E-state index < -0.39 is 0 Å². The zero-order valence-electron chi connectivity index (χ0n) is 11.0. The number of rotatable bonds is 3. The topological polar surface area (TPSA) is 12.0 Å². The summed E-state index contributed by atoms with van der Waals surface area (Å²) in [5.74, 6) is 0. The molecule has 0 heterocycles. The van der Waals surface area contributed by atoms with Gasteiger partial charge in [-0.05, 0) is 43.7 Å². The molecule has 0 radical (unpaired) electrons. The quantitative estimate of drug-likeness (QED) is 0.887. The second-order valence-corrected chi connectivity index (χ2v) is 5.50. The second kappa shape index (κ2) is 5.68. The molecule has 1 unspecified atom stereocenters. The van der Waals surface area contributed by atoms with Crippen LogP contribution in [0.2, 0.25) is 0 Å². The van der Waals surface area contributed by atoms with Crippen LogP contribution >= 0.6 is 15.9 Å². The molecule has 2 aromatic carbocycles. The lowest BCUT2D eigenvalue weighted by molar-refractivity contribution is 0.691. The molecule has 0 bridgehead atoms. The molecule has 2 aromatic rings. The fourth-order valence-corrected chi connectivity index (χ4v) is 2.38. The van der Waals surface area contributed by atoms with Crippen LogP contribution in [0, 0.1) is 13.8 Å². The molecular weight excluding hydrogens is 286 g/mol. The van der Waals surface area contributed by atoms with Crippen molar-refractivity contribution in [3.63, 3.8) is 0 Å². The van der Waals surface area contributed by atoms with Crippen molar-refractivity contribution >= 4 is 15.9 Å². The second-order valence-electron chi connectivity index (χ2n) is 4.64. The van der Waals surface area contributed by atoms with Crippen LogP contribution in [0.3, 0.4) is 0 Å². The summed E-state index contributed by atoms with van der Waals surface area (Å²) in [4.78, 5) is 0. The first-order valence-corrected chi connectivity index (χ1v) is 6.91. The standard InChI is InChI=1S/C16H18BrN/c1-11-4-6-13(7-5-11)16(18-3)14-8-9-15(17)12(2)10-14/h4-10,16,18H,1-3H3. The van der Waals surface area contributed by atoms with Crippen molar-refractivity contribution in [3.8, 4) is 0 Å². The minimum atomic E-state index is 0.248. The molecule has 0 amide bonds.